The topological polar surface area (TPSA) is 50.2 Å². The number of halogens is 1. The van der Waals surface area contributed by atoms with Crippen molar-refractivity contribution in [1.82, 2.24) is 4.98 Å². The van der Waals surface area contributed by atoms with Crippen LogP contribution >= 0.6 is 11.6 Å². The van der Waals surface area contributed by atoms with E-state index in [4.69, 9.17) is 11.6 Å². The Morgan fingerprint density at radius 1 is 1.35 bits per heavy atom. The number of aromatic nitrogens is 1. The van der Waals surface area contributed by atoms with Gasteiger partial charge in [0.1, 0.15) is 5.15 Å². The van der Waals surface area contributed by atoms with Gasteiger partial charge in [0.2, 0.25) is 0 Å². The summed E-state index contributed by atoms with van der Waals surface area (Å²) >= 11 is 6.10. The summed E-state index contributed by atoms with van der Waals surface area (Å²) in [4.78, 5) is 15.6. The Labute approximate surface area is 103 Å². The van der Waals surface area contributed by atoms with Gasteiger partial charge in [-0.1, -0.05) is 29.8 Å². The maximum atomic E-state index is 11.3. The standard InChI is InChI=1S/C13H10ClNO2/c14-11-9(13(5-6-13)12(16)17)7-8-3-1-2-4-10(8)15-11/h1-4,7H,5-6H2,(H,16,17). The third-order valence-corrected chi connectivity index (χ3v) is 3.64. The lowest BCUT2D eigenvalue weighted by molar-refractivity contribution is -0.140. The molecule has 0 unspecified atom stereocenters. The Balaban J connectivity index is 2.24. The van der Waals surface area contributed by atoms with Crippen LogP contribution in [-0.4, -0.2) is 16.1 Å². The lowest BCUT2D eigenvalue weighted by atomic mass is 9.96. The van der Waals surface area contributed by atoms with Crippen molar-refractivity contribution < 1.29 is 9.90 Å². The highest BCUT2D eigenvalue weighted by molar-refractivity contribution is 6.31. The van der Waals surface area contributed by atoms with E-state index in [-0.39, 0.29) is 0 Å². The van der Waals surface area contributed by atoms with Crippen LogP contribution in [0.2, 0.25) is 5.15 Å². The Morgan fingerprint density at radius 2 is 2.06 bits per heavy atom. The maximum absolute atomic E-state index is 11.3. The maximum Gasteiger partial charge on any atom is 0.314 e. The van der Waals surface area contributed by atoms with Crippen LogP contribution in [0.1, 0.15) is 18.4 Å². The second-order valence-electron chi connectivity index (χ2n) is 4.41. The van der Waals surface area contributed by atoms with Gasteiger partial charge in [-0.2, -0.15) is 0 Å². The molecule has 0 radical (unpaired) electrons. The number of para-hydroxylation sites is 1. The molecule has 3 rings (SSSR count). The SMILES string of the molecule is O=C(O)C1(c2cc3ccccc3nc2Cl)CC1. The normalized spacial score (nSPS) is 17.0. The van der Waals surface area contributed by atoms with Crippen LogP contribution < -0.4 is 0 Å². The number of rotatable bonds is 2. The Morgan fingerprint density at radius 3 is 2.71 bits per heavy atom. The lowest BCUT2D eigenvalue weighted by Crippen LogP contribution is -2.20. The molecule has 1 aromatic carbocycles. The van der Waals surface area contributed by atoms with Crippen LogP contribution in [0.3, 0.4) is 0 Å². The Kier molecular flexibility index (Phi) is 2.13. The predicted octanol–water partition coefficient (Wildman–Crippen LogP) is 3.00. The number of hydrogen-bond donors (Lipinski definition) is 1. The van der Waals surface area contributed by atoms with Crippen molar-refractivity contribution in [2.24, 2.45) is 0 Å². The van der Waals surface area contributed by atoms with Crippen LogP contribution in [0.5, 0.6) is 0 Å². The van der Waals surface area contributed by atoms with E-state index in [0.717, 1.165) is 10.9 Å². The van der Waals surface area contributed by atoms with Gasteiger partial charge >= 0.3 is 5.97 Å². The summed E-state index contributed by atoms with van der Waals surface area (Å²) in [6.45, 7) is 0. The van der Waals surface area contributed by atoms with Crippen molar-refractivity contribution in [3.8, 4) is 0 Å². The molecule has 0 atom stereocenters. The van der Waals surface area contributed by atoms with Gasteiger partial charge in [0.25, 0.3) is 0 Å². The van der Waals surface area contributed by atoms with Gasteiger partial charge in [-0.3, -0.25) is 4.79 Å². The summed E-state index contributed by atoms with van der Waals surface area (Å²) in [6, 6.07) is 9.43. The molecule has 1 aliphatic carbocycles. The summed E-state index contributed by atoms with van der Waals surface area (Å²) in [7, 11) is 0. The van der Waals surface area contributed by atoms with E-state index in [9.17, 15) is 9.90 Å². The molecule has 17 heavy (non-hydrogen) atoms. The van der Waals surface area contributed by atoms with E-state index in [1.165, 1.54) is 0 Å². The number of hydrogen-bond acceptors (Lipinski definition) is 2. The molecule has 0 spiro atoms. The number of carboxylic acids is 1. The summed E-state index contributed by atoms with van der Waals surface area (Å²) in [6.07, 6.45) is 1.28. The zero-order valence-electron chi connectivity index (χ0n) is 8.98. The first kappa shape index (κ1) is 10.5. The molecule has 1 heterocycles. The van der Waals surface area contributed by atoms with Gasteiger partial charge in [0, 0.05) is 10.9 Å². The van der Waals surface area contributed by atoms with E-state index in [2.05, 4.69) is 4.98 Å². The minimum absolute atomic E-state index is 0.309. The van der Waals surface area contributed by atoms with Crippen LogP contribution in [-0.2, 0) is 10.2 Å². The highest BCUT2D eigenvalue weighted by Crippen LogP contribution is 2.50. The van der Waals surface area contributed by atoms with E-state index >= 15 is 0 Å². The quantitative estimate of drug-likeness (QED) is 0.830. The number of aliphatic carboxylic acids is 1. The van der Waals surface area contributed by atoms with Crippen molar-refractivity contribution in [3.05, 3.63) is 41.0 Å². The molecule has 1 N–H and O–H groups in total. The molecule has 1 aromatic heterocycles. The Bertz CT molecular complexity index is 620. The minimum Gasteiger partial charge on any atom is -0.481 e. The highest BCUT2D eigenvalue weighted by atomic mass is 35.5. The minimum atomic E-state index is -0.809. The zero-order chi connectivity index (χ0) is 12.0. The first-order valence-corrected chi connectivity index (χ1v) is 5.80. The third kappa shape index (κ3) is 1.50. The predicted molar refractivity (Wildman–Crippen MR) is 65.3 cm³/mol. The molecular formula is C13H10ClNO2. The van der Waals surface area contributed by atoms with Gasteiger partial charge in [0.05, 0.1) is 10.9 Å². The molecule has 0 saturated heterocycles. The van der Waals surface area contributed by atoms with Crippen molar-refractivity contribution in [3.63, 3.8) is 0 Å². The van der Waals surface area contributed by atoms with E-state index in [1.54, 1.807) is 0 Å². The van der Waals surface area contributed by atoms with Crippen LogP contribution in [0.15, 0.2) is 30.3 Å². The van der Waals surface area contributed by atoms with Crippen molar-refractivity contribution in [2.45, 2.75) is 18.3 Å². The molecule has 4 heteroatoms. The molecule has 86 valence electrons. The summed E-state index contributed by atoms with van der Waals surface area (Å²) in [5, 5.41) is 10.5. The molecule has 1 fully saturated rings. The fourth-order valence-corrected chi connectivity index (χ4v) is 2.48. The number of pyridine rings is 1. The van der Waals surface area contributed by atoms with Crippen LogP contribution in [0.25, 0.3) is 10.9 Å². The first-order chi connectivity index (χ1) is 8.13. The largest absolute Gasteiger partial charge is 0.481 e. The zero-order valence-corrected chi connectivity index (χ0v) is 9.74. The van der Waals surface area contributed by atoms with Crippen molar-refractivity contribution >= 4 is 28.5 Å². The number of benzene rings is 1. The molecule has 1 saturated carbocycles. The lowest BCUT2D eigenvalue weighted by Gasteiger charge is -2.12. The number of nitrogens with zero attached hydrogens (tertiary/aromatic N) is 1. The monoisotopic (exact) mass is 247 g/mol. The number of carbonyl (C=O) groups is 1. The average molecular weight is 248 g/mol. The van der Waals surface area contributed by atoms with E-state index < -0.39 is 11.4 Å². The van der Waals surface area contributed by atoms with Crippen molar-refractivity contribution in [1.29, 1.82) is 0 Å². The van der Waals surface area contributed by atoms with E-state index in [1.807, 2.05) is 30.3 Å². The highest BCUT2D eigenvalue weighted by Gasteiger charge is 2.53. The fourth-order valence-electron chi connectivity index (χ4n) is 2.15. The summed E-state index contributed by atoms with van der Waals surface area (Å²) < 4.78 is 0. The van der Waals surface area contributed by atoms with Gasteiger partial charge in [-0.25, -0.2) is 4.98 Å². The first-order valence-electron chi connectivity index (χ1n) is 5.43. The Hall–Kier alpha value is -1.61. The summed E-state index contributed by atoms with van der Waals surface area (Å²) in [5.41, 5.74) is 0.640. The smallest absolute Gasteiger partial charge is 0.314 e. The van der Waals surface area contributed by atoms with Gasteiger partial charge < -0.3 is 5.11 Å². The fraction of sp³-hybridized carbons (Fsp3) is 0.231. The van der Waals surface area contributed by atoms with Crippen LogP contribution in [0, 0.1) is 0 Å². The second kappa shape index (κ2) is 3.44. The van der Waals surface area contributed by atoms with Gasteiger partial charge in [-0.05, 0) is 25.0 Å². The molecule has 0 aliphatic heterocycles. The number of carboxylic acid groups (broad SMARTS) is 1. The molecule has 0 bridgehead atoms. The van der Waals surface area contributed by atoms with Crippen LogP contribution in [0.4, 0.5) is 0 Å². The molecule has 2 aromatic rings. The third-order valence-electron chi connectivity index (χ3n) is 3.35. The van der Waals surface area contributed by atoms with Gasteiger partial charge in [0.15, 0.2) is 0 Å². The van der Waals surface area contributed by atoms with Gasteiger partial charge in [-0.15, -0.1) is 0 Å². The van der Waals surface area contributed by atoms with Crippen molar-refractivity contribution in [2.75, 3.05) is 0 Å². The second-order valence-corrected chi connectivity index (χ2v) is 4.76. The molecule has 1 aliphatic rings. The average Bonchev–Trinajstić information content (AvgIpc) is 3.09. The summed E-state index contributed by atoms with van der Waals surface area (Å²) in [5.74, 6) is -0.809. The molecule has 3 nitrogen and oxygen atoms in total. The molecular weight excluding hydrogens is 238 g/mol. The van der Waals surface area contributed by atoms with E-state index in [0.29, 0.717) is 23.6 Å². The number of fused-ring (bicyclic) bond motifs is 1. The molecule has 0 amide bonds.